The van der Waals surface area contributed by atoms with Crippen LogP contribution in [0.5, 0.6) is 0 Å². The highest BCUT2D eigenvalue weighted by atomic mass is 32.1. The monoisotopic (exact) mass is 478 g/mol. The highest BCUT2D eigenvalue weighted by Crippen LogP contribution is 2.60. The highest BCUT2D eigenvalue weighted by Gasteiger charge is 2.55. The van der Waals surface area contributed by atoms with Crippen molar-refractivity contribution in [3.63, 3.8) is 0 Å². The summed E-state index contributed by atoms with van der Waals surface area (Å²) in [6.07, 6.45) is 6.16. The first-order valence-corrected chi connectivity index (χ1v) is 12.1. The Bertz CT molecular complexity index is 935. The zero-order valence-corrected chi connectivity index (χ0v) is 19.8. The number of ether oxygens (including phenoxy) is 3. The van der Waals surface area contributed by atoms with Gasteiger partial charge in [-0.1, -0.05) is 0 Å². The maximum absolute atomic E-state index is 13.0. The Hall–Kier alpha value is -2.46. The normalized spacial score (nSPS) is 27.3. The standard InChI is InChI=1S/C23H30N2O7S/c1-12-17(21(28)31-4-3-30-2)20(33-18(12)19(24)27)25-16(26)11-32-22(29)23-8-13-5-14(9-23)7-15(6-13)10-23/h13-15H,3-11H2,1-2H3,(H2,24,27)(H,25,26). The van der Waals surface area contributed by atoms with E-state index >= 15 is 0 Å². The van der Waals surface area contributed by atoms with E-state index in [-0.39, 0.29) is 34.6 Å². The molecule has 0 saturated heterocycles. The van der Waals surface area contributed by atoms with E-state index < -0.39 is 29.8 Å². The van der Waals surface area contributed by atoms with E-state index in [1.54, 1.807) is 6.92 Å². The summed E-state index contributed by atoms with van der Waals surface area (Å²) >= 11 is 0.893. The number of nitrogens with two attached hydrogens (primary N) is 1. The number of carbonyl (C=O) groups is 4. The molecule has 2 amide bonds. The van der Waals surface area contributed by atoms with Gasteiger partial charge < -0.3 is 25.3 Å². The lowest BCUT2D eigenvalue weighted by atomic mass is 9.49. The number of esters is 2. The summed E-state index contributed by atoms with van der Waals surface area (Å²) in [5.74, 6) is -0.527. The average Bonchev–Trinajstić information content (AvgIpc) is 3.07. The van der Waals surface area contributed by atoms with Crippen molar-refractivity contribution in [3.05, 3.63) is 16.0 Å². The first kappa shape index (κ1) is 23.7. The summed E-state index contributed by atoms with van der Waals surface area (Å²) in [5, 5.41) is 2.73. The number of carbonyl (C=O) groups excluding carboxylic acids is 4. The van der Waals surface area contributed by atoms with Crippen LogP contribution in [0.4, 0.5) is 5.00 Å². The zero-order valence-electron chi connectivity index (χ0n) is 18.9. The molecule has 0 unspecified atom stereocenters. The minimum atomic E-state index is -0.711. The van der Waals surface area contributed by atoms with Gasteiger partial charge in [-0.15, -0.1) is 11.3 Å². The molecule has 33 heavy (non-hydrogen) atoms. The Morgan fingerprint density at radius 3 is 2.18 bits per heavy atom. The third-order valence-corrected chi connectivity index (χ3v) is 8.38. The lowest BCUT2D eigenvalue weighted by Crippen LogP contribution is -2.50. The van der Waals surface area contributed by atoms with E-state index in [2.05, 4.69) is 5.32 Å². The fourth-order valence-electron chi connectivity index (χ4n) is 6.18. The van der Waals surface area contributed by atoms with Crippen molar-refractivity contribution in [1.82, 2.24) is 0 Å². The summed E-state index contributed by atoms with van der Waals surface area (Å²) in [6.45, 7) is 1.33. The van der Waals surface area contributed by atoms with E-state index in [0.717, 1.165) is 30.6 Å². The Labute approximate surface area is 196 Å². The second-order valence-electron chi connectivity index (χ2n) is 9.58. The fourth-order valence-corrected chi connectivity index (χ4v) is 7.24. The molecule has 0 aliphatic heterocycles. The van der Waals surface area contributed by atoms with Crippen molar-refractivity contribution < 1.29 is 33.4 Å². The Kier molecular flexibility index (Phi) is 6.76. The molecule has 0 aromatic carbocycles. The van der Waals surface area contributed by atoms with E-state index in [0.29, 0.717) is 23.3 Å². The van der Waals surface area contributed by atoms with Crippen LogP contribution in [-0.2, 0) is 23.8 Å². The number of hydrogen-bond donors (Lipinski definition) is 2. The molecule has 9 nitrogen and oxygen atoms in total. The van der Waals surface area contributed by atoms with Crippen LogP contribution in [-0.4, -0.2) is 50.7 Å². The predicted octanol–water partition coefficient (Wildman–Crippen LogP) is 2.66. The van der Waals surface area contributed by atoms with E-state index in [1.807, 2.05) is 0 Å². The van der Waals surface area contributed by atoms with Crippen LogP contribution in [0, 0.1) is 30.1 Å². The molecule has 4 aliphatic rings. The molecule has 5 rings (SSSR count). The van der Waals surface area contributed by atoms with E-state index in [9.17, 15) is 19.2 Å². The second kappa shape index (κ2) is 9.42. The van der Waals surface area contributed by atoms with Gasteiger partial charge >= 0.3 is 11.9 Å². The third-order valence-electron chi connectivity index (χ3n) is 7.15. The smallest absolute Gasteiger partial charge is 0.341 e. The van der Waals surface area contributed by atoms with Crippen LogP contribution in [0.2, 0.25) is 0 Å². The van der Waals surface area contributed by atoms with Crippen molar-refractivity contribution in [2.24, 2.45) is 28.9 Å². The Morgan fingerprint density at radius 1 is 1.03 bits per heavy atom. The number of rotatable bonds is 9. The van der Waals surface area contributed by atoms with Crippen molar-refractivity contribution in [2.45, 2.75) is 45.4 Å². The Morgan fingerprint density at radius 2 is 1.64 bits per heavy atom. The molecular weight excluding hydrogens is 448 g/mol. The topological polar surface area (TPSA) is 134 Å². The summed E-state index contributed by atoms with van der Waals surface area (Å²) in [6, 6.07) is 0. The summed E-state index contributed by atoms with van der Waals surface area (Å²) < 4.78 is 15.5. The molecule has 1 heterocycles. The SMILES string of the molecule is COCCOC(=O)c1c(NC(=O)COC(=O)C23CC4CC(CC(C4)C2)C3)sc(C(N)=O)c1C. The minimum Gasteiger partial charge on any atom is -0.460 e. The number of hydrogen-bond acceptors (Lipinski definition) is 8. The van der Waals surface area contributed by atoms with Gasteiger partial charge in [-0.25, -0.2) is 4.79 Å². The van der Waals surface area contributed by atoms with Gasteiger partial charge in [-0.3, -0.25) is 14.4 Å². The summed E-state index contributed by atoms with van der Waals surface area (Å²) in [5.41, 5.74) is 5.34. The molecule has 0 atom stereocenters. The first-order chi connectivity index (χ1) is 15.7. The van der Waals surface area contributed by atoms with E-state index in [1.165, 1.54) is 26.4 Å². The van der Waals surface area contributed by atoms with Crippen LogP contribution in [0.1, 0.15) is 64.1 Å². The largest absolute Gasteiger partial charge is 0.460 e. The van der Waals surface area contributed by atoms with Gasteiger partial charge in [0, 0.05) is 7.11 Å². The van der Waals surface area contributed by atoms with Gasteiger partial charge in [-0.05, 0) is 68.8 Å². The predicted molar refractivity (Wildman–Crippen MR) is 120 cm³/mol. The molecule has 180 valence electrons. The van der Waals surface area contributed by atoms with Gasteiger partial charge in [0.25, 0.3) is 11.8 Å². The maximum atomic E-state index is 13.0. The number of amides is 2. The molecule has 1 aromatic rings. The minimum absolute atomic E-state index is 0.0204. The molecular formula is C23H30N2O7S. The van der Waals surface area contributed by atoms with Gasteiger partial charge in [-0.2, -0.15) is 0 Å². The molecule has 1 aromatic heterocycles. The third kappa shape index (κ3) is 4.77. The maximum Gasteiger partial charge on any atom is 0.341 e. The van der Waals surface area contributed by atoms with Gasteiger partial charge in [0.2, 0.25) is 0 Å². The molecule has 4 bridgehead atoms. The van der Waals surface area contributed by atoms with Gasteiger partial charge in [0.05, 0.1) is 22.5 Å². The van der Waals surface area contributed by atoms with Crippen LogP contribution in [0.15, 0.2) is 0 Å². The van der Waals surface area contributed by atoms with Crippen LogP contribution in [0.25, 0.3) is 0 Å². The molecule has 0 radical (unpaired) electrons. The molecule has 10 heteroatoms. The number of methoxy groups -OCH3 is 1. The number of nitrogens with one attached hydrogen (secondary N) is 1. The van der Waals surface area contributed by atoms with Crippen molar-refractivity contribution in [2.75, 3.05) is 32.2 Å². The quantitative estimate of drug-likeness (QED) is 0.412. The van der Waals surface area contributed by atoms with Crippen LogP contribution < -0.4 is 11.1 Å². The number of thiophene rings is 1. The zero-order chi connectivity index (χ0) is 23.8. The number of primary amides is 1. The molecule has 3 N–H and O–H groups in total. The first-order valence-electron chi connectivity index (χ1n) is 11.3. The fraction of sp³-hybridized carbons (Fsp3) is 0.652. The van der Waals surface area contributed by atoms with E-state index in [4.69, 9.17) is 19.9 Å². The Balaban J connectivity index is 1.41. The second-order valence-corrected chi connectivity index (χ2v) is 10.6. The molecule has 4 fully saturated rings. The average molecular weight is 479 g/mol. The lowest BCUT2D eigenvalue weighted by Gasteiger charge is -2.55. The number of anilines is 1. The lowest BCUT2D eigenvalue weighted by molar-refractivity contribution is -0.172. The van der Waals surface area contributed by atoms with Crippen molar-refractivity contribution in [3.8, 4) is 0 Å². The molecule has 0 spiro atoms. The van der Waals surface area contributed by atoms with Crippen molar-refractivity contribution >= 4 is 40.1 Å². The van der Waals surface area contributed by atoms with Gasteiger partial charge in [0.1, 0.15) is 11.6 Å². The molecule has 4 saturated carbocycles. The molecule has 4 aliphatic carbocycles. The van der Waals surface area contributed by atoms with Crippen LogP contribution >= 0.6 is 11.3 Å². The van der Waals surface area contributed by atoms with Crippen molar-refractivity contribution in [1.29, 1.82) is 0 Å². The van der Waals surface area contributed by atoms with Crippen LogP contribution in [0.3, 0.4) is 0 Å². The van der Waals surface area contributed by atoms with Gasteiger partial charge in [0.15, 0.2) is 6.61 Å². The summed E-state index contributed by atoms with van der Waals surface area (Å²) in [4.78, 5) is 50.0. The highest BCUT2D eigenvalue weighted by molar-refractivity contribution is 7.18. The summed E-state index contributed by atoms with van der Waals surface area (Å²) in [7, 11) is 1.48.